The number of nitrogens with zero attached hydrogens (tertiary/aromatic N) is 3. The maximum absolute atomic E-state index is 11.6. The Labute approximate surface area is 186 Å². The highest BCUT2D eigenvalue weighted by atomic mass is 35.5. The van der Waals surface area contributed by atoms with E-state index < -0.39 is 5.97 Å². The van der Waals surface area contributed by atoms with Gasteiger partial charge < -0.3 is 20.1 Å². The van der Waals surface area contributed by atoms with E-state index in [2.05, 4.69) is 21.4 Å². The Hall–Kier alpha value is -3.16. The van der Waals surface area contributed by atoms with E-state index in [9.17, 15) is 9.90 Å². The quantitative estimate of drug-likeness (QED) is 0.511. The van der Waals surface area contributed by atoms with Crippen LogP contribution in [-0.4, -0.2) is 53.2 Å². The highest BCUT2D eigenvalue weighted by Gasteiger charge is 2.17. The Morgan fingerprint density at radius 2 is 1.90 bits per heavy atom. The number of aromatic nitrogens is 2. The van der Waals surface area contributed by atoms with Crippen LogP contribution >= 0.6 is 11.6 Å². The van der Waals surface area contributed by atoms with E-state index in [-0.39, 0.29) is 10.6 Å². The van der Waals surface area contributed by atoms with Crippen molar-refractivity contribution in [1.82, 2.24) is 14.9 Å². The molecule has 0 bridgehead atoms. The fourth-order valence-corrected chi connectivity index (χ4v) is 3.18. The largest absolute Gasteiger partial charge is 0.491 e. The van der Waals surface area contributed by atoms with Crippen LogP contribution in [0.4, 0.5) is 5.95 Å². The van der Waals surface area contributed by atoms with Crippen molar-refractivity contribution in [3.63, 3.8) is 0 Å². The number of halogens is 1. The molecule has 31 heavy (non-hydrogen) atoms. The first-order valence-corrected chi connectivity index (χ1v) is 10.2. The average molecular weight is 441 g/mol. The van der Waals surface area contributed by atoms with Gasteiger partial charge in [-0.1, -0.05) is 41.4 Å². The number of likely N-dealkylation sites (N-methyl/N-ethyl adjacent to an activating group) is 1. The first-order valence-electron chi connectivity index (χ1n) is 9.79. The van der Waals surface area contributed by atoms with E-state index in [4.69, 9.17) is 16.3 Å². The van der Waals surface area contributed by atoms with Crippen molar-refractivity contribution in [1.29, 1.82) is 0 Å². The zero-order valence-corrected chi connectivity index (χ0v) is 18.5. The van der Waals surface area contributed by atoms with Crippen LogP contribution < -0.4 is 10.1 Å². The van der Waals surface area contributed by atoms with Gasteiger partial charge in [-0.3, -0.25) is 0 Å². The van der Waals surface area contributed by atoms with E-state index in [0.29, 0.717) is 42.5 Å². The molecule has 3 rings (SSSR count). The topological polar surface area (TPSA) is 87.6 Å². The monoisotopic (exact) mass is 440 g/mol. The van der Waals surface area contributed by atoms with Gasteiger partial charge in [0.2, 0.25) is 5.95 Å². The van der Waals surface area contributed by atoms with Gasteiger partial charge in [0.15, 0.2) is 0 Å². The molecule has 2 aromatic carbocycles. The molecular formula is C23H25ClN4O3. The molecule has 0 saturated carbocycles. The molecule has 162 valence electrons. The molecule has 8 heteroatoms. The van der Waals surface area contributed by atoms with Gasteiger partial charge in [0.05, 0.1) is 10.6 Å². The van der Waals surface area contributed by atoms with Crippen molar-refractivity contribution in [2.24, 2.45) is 0 Å². The van der Waals surface area contributed by atoms with Crippen LogP contribution in [-0.2, 0) is 6.54 Å². The number of rotatable bonds is 9. The van der Waals surface area contributed by atoms with E-state index in [1.54, 1.807) is 18.5 Å². The lowest BCUT2D eigenvalue weighted by molar-refractivity contribution is 0.0696. The normalized spacial score (nSPS) is 10.9. The summed E-state index contributed by atoms with van der Waals surface area (Å²) in [6, 6.07) is 11.4. The Morgan fingerprint density at radius 1 is 1.16 bits per heavy atom. The summed E-state index contributed by atoms with van der Waals surface area (Å²) in [6.07, 6.45) is 3.29. The van der Waals surface area contributed by atoms with Gasteiger partial charge in [-0.2, -0.15) is 0 Å². The second-order valence-electron chi connectivity index (χ2n) is 7.43. The van der Waals surface area contributed by atoms with Crippen molar-refractivity contribution >= 4 is 23.5 Å². The summed E-state index contributed by atoms with van der Waals surface area (Å²) >= 11 is 6.25. The third-order valence-electron chi connectivity index (χ3n) is 4.58. The molecule has 7 nitrogen and oxygen atoms in total. The SMILES string of the molecule is Cc1cccc(CNc2ncc(-c3cc(OCCN(C)C)c(Cl)c(C(=O)O)c3)cn2)c1. The van der Waals surface area contributed by atoms with E-state index >= 15 is 0 Å². The van der Waals surface area contributed by atoms with Gasteiger partial charge in [0.1, 0.15) is 12.4 Å². The van der Waals surface area contributed by atoms with Gasteiger partial charge in [0, 0.05) is 31.0 Å². The minimum absolute atomic E-state index is 0.0272. The molecule has 0 aliphatic heterocycles. The van der Waals surface area contributed by atoms with E-state index in [0.717, 1.165) is 5.56 Å². The molecule has 1 heterocycles. The third kappa shape index (κ3) is 6.16. The molecule has 2 N–H and O–H groups in total. The standard InChI is InChI=1S/C23H25ClN4O3/c1-15-5-4-6-16(9-15)12-25-23-26-13-18(14-27-23)17-10-19(22(29)30)21(24)20(11-17)31-8-7-28(2)3/h4-6,9-11,13-14H,7-8,12H2,1-3H3,(H,29,30)(H,25,26,27). The fraction of sp³-hybridized carbons (Fsp3) is 0.261. The minimum atomic E-state index is -1.12. The summed E-state index contributed by atoms with van der Waals surface area (Å²) in [7, 11) is 3.85. The van der Waals surface area contributed by atoms with Crippen LogP contribution in [0.1, 0.15) is 21.5 Å². The second kappa shape index (κ2) is 10.2. The highest BCUT2D eigenvalue weighted by Crippen LogP contribution is 2.34. The lowest BCUT2D eigenvalue weighted by Gasteiger charge is -2.14. The van der Waals surface area contributed by atoms with Crippen molar-refractivity contribution in [3.8, 4) is 16.9 Å². The van der Waals surface area contributed by atoms with Crippen molar-refractivity contribution < 1.29 is 14.6 Å². The maximum atomic E-state index is 11.6. The summed E-state index contributed by atoms with van der Waals surface area (Å²) in [4.78, 5) is 22.3. The number of nitrogens with one attached hydrogen (secondary N) is 1. The fourth-order valence-electron chi connectivity index (χ4n) is 2.93. The summed E-state index contributed by atoms with van der Waals surface area (Å²) in [6.45, 7) is 3.71. The number of benzene rings is 2. The number of aryl methyl sites for hydroxylation is 1. The predicted molar refractivity (Wildman–Crippen MR) is 122 cm³/mol. The molecule has 0 aliphatic rings. The predicted octanol–water partition coefficient (Wildman–Crippen LogP) is 4.36. The zero-order valence-electron chi connectivity index (χ0n) is 17.7. The molecule has 0 atom stereocenters. The molecule has 1 aromatic heterocycles. The lowest BCUT2D eigenvalue weighted by Crippen LogP contribution is -2.19. The number of carboxylic acid groups (broad SMARTS) is 1. The van der Waals surface area contributed by atoms with Gasteiger partial charge >= 0.3 is 5.97 Å². The van der Waals surface area contributed by atoms with Crippen LogP contribution in [0.25, 0.3) is 11.1 Å². The number of carbonyl (C=O) groups is 1. The minimum Gasteiger partial charge on any atom is -0.491 e. The molecule has 3 aromatic rings. The van der Waals surface area contributed by atoms with E-state index in [1.807, 2.05) is 44.1 Å². The number of aromatic carboxylic acids is 1. The molecule has 0 fully saturated rings. The van der Waals surface area contributed by atoms with Gasteiger partial charge in [0.25, 0.3) is 0 Å². The number of ether oxygens (including phenoxy) is 1. The molecule has 0 saturated heterocycles. The molecule has 0 radical (unpaired) electrons. The van der Waals surface area contributed by atoms with Gasteiger partial charge in [-0.15, -0.1) is 0 Å². The summed E-state index contributed by atoms with van der Waals surface area (Å²) in [5, 5.41) is 12.8. The Balaban J connectivity index is 1.79. The van der Waals surface area contributed by atoms with Crippen LogP contribution in [0, 0.1) is 6.92 Å². The zero-order chi connectivity index (χ0) is 22.4. The third-order valence-corrected chi connectivity index (χ3v) is 4.97. The van der Waals surface area contributed by atoms with Crippen LogP contribution in [0.15, 0.2) is 48.8 Å². The molecule has 0 aliphatic carbocycles. The number of hydrogen-bond acceptors (Lipinski definition) is 6. The molecule has 0 amide bonds. The van der Waals surface area contributed by atoms with Crippen LogP contribution in [0.3, 0.4) is 0 Å². The molecule has 0 spiro atoms. The van der Waals surface area contributed by atoms with Crippen LogP contribution in [0.2, 0.25) is 5.02 Å². The first kappa shape index (κ1) is 22.5. The number of hydrogen-bond donors (Lipinski definition) is 2. The Bertz CT molecular complexity index is 1060. The highest BCUT2D eigenvalue weighted by molar-refractivity contribution is 6.35. The van der Waals surface area contributed by atoms with Gasteiger partial charge in [-0.25, -0.2) is 14.8 Å². The molecular weight excluding hydrogens is 416 g/mol. The average Bonchev–Trinajstić information content (AvgIpc) is 2.73. The second-order valence-corrected chi connectivity index (χ2v) is 7.81. The number of anilines is 1. The summed E-state index contributed by atoms with van der Waals surface area (Å²) in [5.74, 6) is -0.318. The summed E-state index contributed by atoms with van der Waals surface area (Å²) < 4.78 is 5.73. The van der Waals surface area contributed by atoms with Crippen molar-refractivity contribution in [2.45, 2.75) is 13.5 Å². The van der Waals surface area contributed by atoms with Gasteiger partial charge in [-0.05, 0) is 44.3 Å². The number of carboxylic acids is 1. The maximum Gasteiger partial charge on any atom is 0.337 e. The molecule has 0 unspecified atom stereocenters. The van der Waals surface area contributed by atoms with Crippen LogP contribution in [0.5, 0.6) is 5.75 Å². The van der Waals surface area contributed by atoms with E-state index in [1.165, 1.54) is 11.6 Å². The Morgan fingerprint density at radius 3 is 2.55 bits per heavy atom. The van der Waals surface area contributed by atoms with Crippen molar-refractivity contribution in [3.05, 3.63) is 70.5 Å². The summed E-state index contributed by atoms with van der Waals surface area (Å²) in [5.41, 5.74) is 3.58. The Kier molecular flexibility index (Phi) is 7.44. The first-order chi connectivity index (χ1) is 14.8. The van der Waals surface area contributed by atoms with Crippen molar-refractivity contribution in [2.75, 3.05) is 32.6 Å². The smallest absolute Gasteiger partial charge is 0.337 e. The lowest BCUT2D eigenvalue weighted by atomic mass is 10.0.